The van der Waals surface area contributed by atoms with Gasteiger partial charge in [0, 0.05) is 12.1 Å². The molecule has 2 aliphatic rings. The van der Waals surface area contributed by atoms with Crippen molar-refractivity contribution in [2.24, 2.45) is 0 Å². The number of fused-ring (bicyclic) bond motifs is 1. The maximum Gasteiger partial charge on any atom is 0.387 e. The maximum atomic E-state index is 12.9. The highest BCUT2D eigenvalue weighted by Gasteiger charge is 2.50. The average Bonchev–Trinajstić information content (AvgIpc) is 3.17. The number of methoxy groups -OCH3 is 1. The largest absolute Gasteiger partial charge is 0.497 e. The number of nitrogens with one attached hydrogen (secondary N) is 2. The molecule has 2 aromatic rings. The predicted octanol–water partition coefficient (Wildman–Crippen LogP) is 1.14. The fraction of sp³-hybridized carbons (Fsp3) is 0.300. The molecule has 0 saturated carbocycles. The van der Waals surface area contributed by atoms with Gasteiger partial charge in [-0.1, -0.05) is 18.2 Å². The number of carbonyl (C=O) groups is 2. The Bertz CT molecular complexity index is 985. The second kappa shape index (κ2) is 7.54. The zero-order chi connectivity index (χ0) is 21.5. The lowest BCUT2D eigenvalue weighted by Crippen LogP contribution is -2.53. The number of amides is 2. The first-order valence-electron chi connectivity index (χ1n) is 9.11. The van der Waals surface area contributed by atoms with Crippen molar-refractivity contribution in [1.29, 1.82) is 0 Å². The monoisotopic (exact) mass is 419 g/mol. The predicted molar refractivity (Wildman–Crippen MR) is 99.8 cm³/mol. The summed E-state index contributed by atoms with van der Waals surface area (Å²) in [5, 5.41) is 15.1. The number of hydrogen-bond acceptors (Lipinski definition) is 6. The van der Waals surface area contributed by atoms with Crippen molar-refractivity contribution in [3.8, 4) is 11.5 Å². The van der Waals surface area contributed by atoms with Crippen LogP contribution in [0.25, 0.3) is 0 Å². The molecule has 10 heteroatoms. The molecule has 1 saturated heterocycles. The molecule has 2 aromatic carbocycles. The molecule has 3 N–H and O–H groups in total. The van der Waals surface area contributed by atoms with E-state index < -0.39 is 24.4 Å². The van der Waals surface area contributed by atoms with Gasteiger partial charge in [0.1, 0.15) is 17.0 Å². The third-order valence-corrected chi connectivity index (χ3v) is 5.23. The van der Waals surface area contributed by atoms with Crippen LogP contribution in [0.5, 0.6) is 11.5 Å². The number of alkyl halides is 2. The Morgan fingerprint density at radius 2 is 1.90 bits per heavy atom. The van der Waals surface area contributed by atoms with Crippen LogP contribution >= 0.6 is 0 Å². The molecule has 0 radical (unpaired) electrons. The number of rotatable bonds is 6. The molecule has 2 amide bonds. The number of ether oxygens (including phenoxy) is 2. The van der Waals surface area contributed by atoms with Gasteiger partial charge in [0.2, 0.25) is 5.91 Å². The number of aliphatic hydroxyl groups is 1. The zero-order valence-corrected chi connectivity index (χ0v) is 15.9. The minimum atomic E-state index is -2.97. The van der Waals surface area contributed by atoms with E-state index in [0.29, 0.717) is 16.9 Å². The van der Waals surface area contributed by atoms with Gasteiger partial charge >= 0.3 is 6.61 Å². The minimum Gasteiger partial charge on any atom is -0.497 e. The SMILES string of the molecule is COc1ccc2c(c1)C(=O)N(C[C@@]1(c3ccc(OC(F)F)cc3)NC(O)NC1=O)C2. The van der Waals surface area contributed by atoms with Crippen LogP contribution in [0.1, 0.15) is 21.5 Å². The third kappa shape index (κ3) is 3.44. The summed E-state index contributed by atoms with van der Waals surface area (Å²) in [6, 6.07) is 10.7. The van der Waals surface area contributed by atoms with Crippen LogP contribution in [-0.2, 0) is 16.9 Å². The third-order valence-electron chi connectivity index (χ3n) is 5.23. The molecule has 1 fully saturated rings. The number of halogens is 2. The lowest BCUT2D eigenvalue weighted by atomic mass is 9.89. The van der Waals surface area contributed by atoms with Gasteiger partial charge in [0.25, 0.3) is 5.91 Å². The molecule has 0 aliphatic carbocycles. The number of hydrogen-bond donors (Lipinski definition) is 3. The molecule has 1 unspecified atom stereocenters. The molecule has 4 rings (SSSR count). The Morgan fingerprint density at radius 3 is 2.50 bits per heavy atom. The summed E-state index contributed by atoms with van der Waals surface area (Å²) >= 11 is 0. The van der Waals surface area contributed by atoms with Gasteiger partial charge in [-0.25, -0.2) is 0 Å². The highest BCUT2D eigenvalue weighted by Crippen LogP contribution is 2.33. The molecule has 0 aromatic heterocycles. The molecule has 2 aliphatic heterocycles. The second-order valence-corrected chi connectivity index (χ2v) is 7.01. The molecule has 0 spiro atoms. The van der Waals surface area contributed by atoms with Gasteiger partial charge in [-0.2, -0.15) is 8.78 Å². The van der Waals surface area contributed by atoms with E-state index in [1.54, 1.807) is 18.2 Å². The van der Waals surface area contributed by atoms with E-state index >= 15 is 0 Å². The van der Waals surface area contributed by atoms with Gasteiger partial charge < -0.3 is 24.8 Å². The maximum absolute atomic E-state index is 12.9. The fourth-order valence-corrected chi connectivity index (χ4v) is 3.81. The lowest BCUT2D eigenvalue weighted by Gasteiger charge is -2.32. The van der Waals surface area contributed by atoms with Crippen LogP contribution in [0.4, 0.5) is 8.78 Å². The number of nitrogens with zero attached hydrogens (tertiary/aromatic N) is 1. The quantitative estimate of drug-likeness (QED) is 0.650. The summed E-state index contributed by atoms with van der Waals surface area (Å²) in [7, 11) is 1.50. The highest BCUT2D eigenvalue weighted by molar-refractivity contribution is 5.99. The van der Waals surface area contributed by atoms with Crippen LogP contribution in [0, 0.1) is 0 Å². The molecular formula is C20H19F2N3O5. The summed E-state index contributed by atoms with van der Waals surface area (Å²) < 4.78 is 34.4. The van der Waals surface area contributed by atoms with Crippen molar-refractivity contribution in [3.05, 3.63) is 59.2 Å². The van der Waals surface area contributed by atoms with Crippen LogP contribution in [-0.4, -0.2) is 48.4 Å². The van der Waals surface area contributed by atoms with Crippen molar-refractivity contribution in [2.45, 2.75) is 25.0 Å². The first kappa shape index (κ1) is 20.0. The first-order valence-corrected chi connectivity index (χ1v) is 9.11. The van der Waals surface area contributed by atoms with Gasteiger partial charge in [-0.05, 0) is 35.4 Å². The lowest BCUT2D eigenvalue weighted by molar-refractivity contribution is -0.125. The van der Waals surface area contributed by atoms with Gasteiger partial charge in [-0.3, -0.25) is 14.9 Å². The van der Waals surface area contributed by atoms with Gasteiger partial charge in [0.15, 0.2) is 6.35 Å². The van der Waals surface area contributed by atoms with E-state index in [1.807, 2.05) is 0 Å². The number of carbonyl (C=O) groups excluding carboxylic acids is 2. The second-order valence-electron chi connectivity index (χ2n) is 7.01. The van der Waals surface area contributed by atoms with Crippen molar-refractivity contribution < 1.29 is 33.0 Å². The first-order chi connectivity index (χ1) is 14.3. The van der Waals surface area contributed by atoms with Crippen molar-refractivity contribution >= 4 is 11.8 Å². The standard InChI is InChI=1S/C20H19F2N3O5/c1-29-14-5-2-11-9-25(16(26)15(11)8-14)10-20(17(27)23-19(28)24-20)12-3-6-13(7-4-12)30-18(21)22/h2-8,18-19,24,28H,9-10H2,1H3,(H,23,27)/t19?,20-/m0/s1. The number of aliphatic hydroxyl groups excluding tert-OH is 1. The Morgan fingerprint density at radius 1 is 1.20 bits per heavy atom. The topological polar surface area (TPSA) is 100 Å². The number of benzene rings is 2. The fourth-order valence-electron chi connectivity index (χ4n) is 3.81. The van der Waals surface area contributed by atoms with Crippen molar-refractivity contribution in [2.75, 3.05) is 13.7 Å². The Kier molecular flexibility index (Phi) is 5.04. The normalized spacial score (nSPS) is 23.0. The van der Waals surface area contributed by atoms with E-state index in [-0.39, 0.29) is 24.7 Å². The molecule has 158 valence electrons. The highest BCUT2D eigenvalue weighted by atomic mass is 19.3. The van der Waals surface area contributed by atoms with Crippen molar-refractivity contribution in [3.63, 3.8) is 0 Å². The Labute approximate surface area is 170 Å². The minimum absolute atomic E-state index is 0.0698. The van der Waals surface area contributed by atoms with Crippen LogP contribution < -0.4 is 20.1 Å². The van der Waals surface area contributed by atoms with Crippen molar-refractivity contribution in [1.82, 2.24) is 15.5 Å². The van der Waals surface area contributed by atoms with E-state index in [2.05, 4.69) is 15.4 Å². The molecule has 0 bridgehead atoms. The Balaban J connectivity index is 1.64. The van der Waals surface area contributed by atoms with Crippen LogP contribution in [0.3, 0.4) is 0 Å². The van der Waals surface area contributed by atoms with Crippen LogP contribution in [0.15, 0.2) is 42.5 Å². The van der Waals surface area contributed by atoms with E-state index in [0.717, 1.165) is 5.56 Å². The van der Waals surface area contributed by atoms with E-state index in [9.17, 15) is 23.5 Å². The average molecular weight is 419 g/mol. The zero-order valence-electron chi connectivity index (χ0n) is 15.9. The van der Waals surface area contributed by atoms with E-state index in [1.165, 1.54) is 36.3 Å². The molecule has 2 heterocycles. The molecule has 2 atom stereocenters. The van der Waals surface area contributed by atoms with Gasteiger partial charge in [-0.15, -0.1) is 0 Å². The summed E-state index contributed by atoms with van der Waals surface area (Å²) in [4.78, 5) is 27.2. The Hall–Kier alpha value is -3.24. The summed E-state index contributed by atoms with van der Waals surface area (Å²) in [6.45, 7) is -2.78. The summed E-state index contributed by atoms with van der Waals surface area (Å²) in [5.74, 6) is -0.351. The smallest absolute Gasteiger partial charge is 0.387 e. The van der Waals surface area contributed by atoms with E-state index in [4.69, 9.17) is 4.74 Å². The van der Waals surface area contributed by atoms with Crippen LogP contribution in [0.2, 0.25) is 0 Å². The van der Waals surface area contributed by atoms with Gasteiger partial charge in [0.05, 0.1) is 13.7 Å². The summed E-state index contributed by atoms with van der Waals surface area (Å²) in [6.07, 6.45) is -1.32. The summed E-state index contributed by atoms with van der Waals surface area (Å²) in [5.41, 5.74) is 0.184. The molecule has 30 heavy (non-hydrogen) atoms. The molecular weight excluding hydrogens is 400 g/mol. The molecule has 8 nitrogen and oxygen atoms in total.